The average Bonchev–Trinajstić information content (AvgIpc) is 3.33. The van der Waals surface area contributed by atoms with E-state index in [-0.39, 0.29) is 16.7 Å². The molecular formula is C23H27N3O4S2. The lowest BCUT2D eigenvalue weighted by Gasteiger charge is -2.18. The first-order valence-corrected chi connectivity index (χ1v) is 12.4. The topological polar surface area (TPSA) is 79.0 Å². The van der Waals surface area contributed by atoms with Crippen molar-refractivity contribution in [3.8, 4) is 5.75 Å². The van der Waals surface area contributed by atoms with Crippen LogP contribution in [0.2, 0.25) is 0 Å². The number of nitrogens with zero attached hydrogens (tertiary/aromatic N) is 2. The van der Waals surface area contributed by atoms with Crippen molar-refractivity contribution in [3.63, 3.8) is 0 Å². The lowest BCUT2D eigenvalue weighted by Crippen LogP contribution is -2.25. The van der Waals surface area contributed by atoms with Crippen LogP contribution in [0.4, 0.5) is 11.4 Å². The predicted octanol–water partition coefficient (Wildman–Crippen LogP) is 3.69. The second kappa shape index (κ2) is 10.6. The van der Waals surface area contributed by atoms with Gasteiger partial charge in [-0.05, 0) is 73.9 Å². The molecule has 32 heavy (non-hydrogen) atoms. The Morgan fingerprint density at radius 1 is 1.00 bits per heavy atom. The van der Waals surface area contributed by atoms with Gasteiger partial charge >= 0.3 is 0 Å². The summed E-state index contributed by atoms with van der Waals surface area (Å²) in [5.41, 5.74) is 2.42. The fourth-order valence-corrected chi connectivity index (χ4v) is 5.25. The van der Waals surface area contributed by atoms with Crippen LogP contribution in [0.5, 0.6) is 5.75 Å². The number of rotatable bonds is 10. The van der Waals surface area contributed by atoms with Gasteiger partial charge in [-0.1, -0.05) is 18.2 Å². The molecule has 0 aliphatic rings. The van der Waals surface area contributed by atoms with Crippen LogP contribution in [-0.2, 0) is 21.2 Å². The molecule has 7 nitrogen and oxygen atoms in total. The van der Waals surface area contributed by atoms with Crippen LogP contribution >= 0.6 is 11.3 Å². The number of nitrogens with one attached hydrogen (secondary N) is 1. The molecular weight excluding hydrogens is 446 g/mol. The zero-order chi connectivity index (χ0) is 23.1. The summed E-state index contributed by atoms with van der Waals surface area (Å²) in [7, 11) is 1.99. The summed E-state index contributed by atoms with van der Waals surface area (Å²) in [6.07, 6.45) is 0.949. The number of hydrogen-bond acceptors (Lipinski definition) is 6. The lowest BCUT2D eigenvalue weighted by atomic mass is 10.1. The monoisotopic (exact) mass is 473 g/mol. The average molecular weight is 474 g/mol. The minimum atomic E-state index is -3.59. The molecule has 9 heteroatoms. The van der Waals surface area contributed by atoms with E-state index in [9.17, 15) is 13.2 Å². The molecule has 0 radical (unpaired) electrons. The number of anilines is 2. The second-order valence-electron chi connectivity index (χ2n) is 7.49. The molecule has 0 aliphatic carbocycles. The van der Waals surface area contributed by atoms with E-state index >= 15 is 0 Å². The van der Waals surface area contributed by atoms with Gasteiger partial charge in [0.15, 0.2) is 6.61 Å². The molecule has 0 fully saturated rings. The fourth-order valence-electron chi connectivity index (χ4n) is 2.89. The van der Waals surface area contributed by atoms with E-state index < -0.39 is 10.0 Å². The van der Waals surface area contributed by atoms with Gasteiger partial charge in [-0.25, -0.2) is 8.42 Å². The predicted molar refractivity (Wildman–Crippen MR) is 129 cm³/mol. The molecule has 3 rings (SSSR count). The zero-order valence-corrected chi connectivity index (χ0v) is 19.9. The highest BCUT2D eigenvalue weighted by Gasteiger charge is 2.22. The molecule has 0 unspecified atom stereocenters. The number of benzene rings is 2. The standard InChI is InChI=1S/C23H27N3O4S2/c1-25(2)15-14-18-6-8-19(9-7-18)24-22(27)17-30-21-12-10-20(11-13-21)26(3)32(28,29)23-5-4-16-31-23/h4-13,16H,14-15,17H2,1-3H3,(H,24,27). The molecule has 3 aromatic rings. The van der Waals surface area contributed by atoms with Gasteiger partial charge in [-0.15, -0.1) is 11.3 Å². The Kier molecular flexibility index (Phi) is 7.89. The third kappa shape index (κ3) is 6.32. The third-order valence-electron chi connectivity index (χ3n) is 4.77. The quantitative estimate of drug-likeness (QED) is 0.486. The van der Waals surface area contributed by atoms with Gasteiger partial charge in [0, 0.05) is 19.3 Å². The Morgan fingerprint density at radius 2 is 1.69 bits per heavy atom. The smallest absolute Gasteiger partial charge is 0.273 e. The van der Waals surface area contributed by atoms with Crippen molar-refractivity contribution in [1.82, 2.24) is 4.90 Å². The molecule has 1 heterocycles. The maximum atomic E-state index is 12.6. The minimum Gasteiger partial charge on any atom is -0.484 e. The van der Waals surface area contributed by atoms with Crippen molar-refractivity contribution in [2.24, 2.45) is 0 Å². The van der Waals surface area contributed by atoms with Crippen molar-refractivity contribution in [2.45, 2.75) is 10.6 Å². The lowest BCUT2D eigenvalue weighted by molar-refractivity contribution is -0.118. The van der Waals surface area contributed by atoms with Crippen LogP contribution in [0.1, 0.15) is 5.56 Å². The first-order chi connectivity index (χ1) is 15.3. The van der Waals surface area contributed by atoms with Gasteiger partial charge in [0.05, 0.1) is 5.69 Å². The highest BCUT2D eigenvalue weighted by molar-refractivity contribution is 7.94. The Hall–Kier alpha value is -2.88. The molecule has 1 N–H and O–H groups in total. The normalized spacial score (nSPS) is 11.4. The third-order valence-corrected chi connectivity index (χ3v) is 7.92. The largest absolute Gasteiger partial charge is 0.484 e. The van der Waals surface area contributed by atoms with E-state index in [2.05, 4.69) is 10.2 Å². The minimum absolute atomic E-state index is 0.148. The summed E-state index contributed by atoms with van der Waals surface area (Å²) in [5.74, 6) is 0.206. The molecule has 1 amide bonds. The van der Waals surface area contributed by atoms with Crippen molar-refractivity contribution >= 4 is 38.6 Å². The fraction of sp³-hybridized carbons (Fsp3) is 0.261. The van der Waals surface area contributed by atoms with Crippen LogP contribution in [0.25, 0.3) is 0 Å². The molecule has 0 saturated heterocycles. The first-order valence-electron chi connectivity index (χ1n) is 10.0. The van der Waals surface area contributed by atoms with Crippen LogP contribution in [0.3, 0.4) is 0 Å². The van der Waals surface area contributed by atoms with Crippen LogP contribution < -0.4 is 14.4 Å². The number of carbonyl (C=O) groups is 1. The van der Waals surface area contributed by atoms with Crippen molar-refractivity contribution < 1.29 is 17.9 Å². The van der Waals surface area contributed by atoms with E-state index in [1.54, 1.807) is 41.8 Å². The molecule has 1 aromatic heterocycles. The molecule has 2 aromatic carbocycles. The maximum Gasteiger partial charge on any atom is 0.273 e. The number of carbonyl (C=O) groups excluding carboxylic acids is 1. The Labute approximate surface area is 193 Å². The van der Waals surface area contributed by atoms with Crippen molar-refractivity contribution in [2.75, 3.05) is 43.9 Å². The number of thiophene rings is 1. The van der Waals surface area contributed by atoms with E-state index in [0.717, 1.165) is 13.0 Å². The summed E-state index contributed by atoms with van der Waals surface area (Å²) in [6, 6.07) is 17.6. The zero-order valence-electron chi connectivity index (χ0n) is 18.3. The van der Waals surface area contributed by atoms with Crippen LogP contribution in [0, 0.1) is 0 Å². The molecule has 0 saturated carbocycles. The molecule has 0 atom stereocenters. The van der Waals surface area contributed by atoms with Gasteiger partial charge in [-0.2, -0.15) is 0 Å². The first kappa shape index (κ1) is 23.8. The highest BCUT2D eigenvalue weighted by atomic mass is 32.2. The van der Waals surface area contributed by atoms with E-state index in [0.29, 0.717) is 17.1 Å². The molecule has 0 aliphatic heterocycles. The number of likely N-dealkylation sites (N-methyl/N-ethyl adjacent to an activating group) is 1. The van der Waals surface area contributed by atoms with Gasteiger partial charge in [-0.3, -0.25) is 9.10 Å². The molecule has 0 spiro atoms. The molecule has 170 valence electrons. The van der Waals surface area contributed by atoms with E-state index in [4.69, 9.17) is 4.74 Å². The SMILES string of the molecule is CN(C)CCc1ccc(NC(=O)COc2ccc(N(C)S(=O)(=O)c3cccs3)cc2)cc1. The second-order valence-corrected chi connectivity index (χ2v) is 10.6. The number of amides is 1. The Morgan fingerprint density at radius 3 is 2.28 bits per heavy atom. The van der Waals surface area contributed by atoms with Crippen molar-refractivity contribution in [3.05, 3.63) is 71.6 Å². The van der Waals surface area contributed by atoms with Crippen LogP contribution in [0.15, 0.2) is 70.3 Å². The van der Waals surface area contributed by atoms with E-state index in [1.807, 2.05) is 38.4 Å². The van der Waals surface area contributed by atoms with Crippen LogP contribution in [-0.4, -0.2) is 53.5 Å². The summed E-state index contributed by atoms with van der Waals surface area (Å²) in [4.78, 5) is 14.3. The Bertz CT molecular complexity index is 1110. The number of sulfonamides is 1. The summed E-state index contributed by atoms with van der Waals surface area (Å²) in [5, 5.41) is 4.53. The van der Waals surface area contributed by atoms with Crippen molar-refractivity contribution in [1.29, 1.82) is 0 Å². The van der Waals surface area contributed by atoms with E-state index in [1.165, 1.54) is 28.3 Å². The van der Waals surface area contributed by atoms with Gasteiger partial charge in [0.1, 0.15) is 9.96 Å². The number of hydrogen-bond donors (Lipinski definition) is 1. The Balaban J connectivity index is 1.51. The summed E-state index contributed by atoms with van der Waals surface area (Å²) >= 11 is 1.17. The molecule has 0 bridgehead atoms. The van der Waals surface area contributed by atoms with Gasteiger partial charge in [0.25, 0.3) is 15.9 Å². The van der Waals surface area contributed by atoms with Gasteiger partial charge < -0.3 is 15.0 Å². The number of ether oxygens (including phenoxy) is 1. The highest BCUT2D eigenvalue weighted by Crippen LogP contribution is 2.26. The summed E-state index contributed by atoms with van der Waals surface area (Å²) < 4.78 is 32.2. The maximum absolute atomic E-state index is 12.6. The summed E-state index contributed by atoms with van der Waals surface area (Å²) in [6.45, 7) is 0.819. The van der Waals surface area contributed by atoms with Gasteiger partial charge in [0.2, 0.25) is 0 Å².